The van der Waals surface area contributed by atoms with E-state index in [2.05, 4.69) is 26.2 Å². The summed E-state index contributed by atoms with van der Waals surface area (Å²) in [5.74, 6) is -2.73. The number of nitrogens with one attached hydrogen (secondary N) is 2. The van der Waals surface area contributed by atoms with Gasteiger partial charge in [-0.15, -0.1) is 0 Å². The van der Waals surface area contributed by atoms with Gasteiger partial charge in [-0.1, -0.05) is 57.2 Å². The molecule has 1 saturated heterocycles. The number of rotatable bonds is 7. The van der Waals surface area contributed by atoms with Crippen LogP contribution in [0.5, 0.6) is 5.75 Å². The Morgan fingerprint density at radius 1 is 1.09 bits per heavy atom. The summed E-state index contributed by atoms with van der Waals surface area (Å²) >= 11 is 5.55. The van der Waals surface area contributed by atoms with Crippen LogP contribution in [0.4, 0.5) is 17.1 Å². The molecular formula is C29H21BrN4O7S2. The van der Waals surface area contributed by atoms with E-state index in [-0.39, 0.29) is 28.8 Å². The summed E-state index contributed by atoms with van der Waals surface area (Å²) in [5, 5.41) is 13.6. The highest BCUT2D eigenvalue weighted by Gasteiger charge is 2.57. The molecule has 4 aromatic rings. The van der Waals surface area contributed by atoms with Crippen molar-refractivity contribution in [3.8, 4) is 5.75 Å². The van der Waals surface area contributed by atoms with Gasteiger partial charge in [0, 0.05) is 38.7 Å². The van der Waals surface area contributed by atoms with Crippen molar-refractivity contribution in [2.45, 2.75) is 23.1 Å². The predicted octanol–water partition coefficient (Wildman–Crippen LogP) is 5.23. The highest BCUT2D eigenvalue weighted by atomic mass is 79.9. The molecule has 0 unspecified atom stereocenters. The standard InChI is InChI=1S/C29H21BrN4O7S2/c1-14-4-2-3-5-19(14)31-21(35)13-41-20-11-6-15(30)12-18(20)22-23-25(42-26-24(22)43-29(38)32-26)28(37)33(27(23)36)16-7-9-17(10-8-16)34(39)40/h2-12,22-23,25H,13H2,1H3,(H,31,35)(H,32,38)/t22-,23-,25+/m0/s1. The number of fused-ring (bicyclic) bond motifs is 2. The zero-order chi connectivity index (χ0) is 30.4. The number of aryl methyl sites for hydroxylation is 1. The van der Waals surface area contributed by atoms with Crippen molar-refractivity contribution in [1.29, 1.82) is 0 Å². The highest BCUT2D eigenvalue weighted by molar-refractivity contribution is 9.10. The normalized spacial score (nSPS) is 19.1. The van der Waals surface area contributed by atoms with Gasteiger partial charge in [0.1, 0.15) is 11.0 Å². The number of benzene rings is 3. The van der Waals surface area contributed by atoms with Crippen molar-refractivity contribution < 1.29 is 24.0 Å². The number of aromatic amines is 1. The maximum absolute atomic E-state index is 14.0. The summed E-state index contributed by atoms with van der Waals surface area (Å²) in [7, 11) is 0. The van der Waals surface area contributed by atoms with E-state index >= 15 is 0 Å². The molecule has 43 heavy (non-hydrogen) atoms. The number of imide groups is 1. The molecule has 14 heteroatoms. The molecule has 6 rings (SSSR count). The number of nitrogens with zero attached hydrogens (tertiary/aromatic N) is 2. The molecule has 218 valence electrons. The number of ether oxygens (including phenoxy) is 1. The molecule has 3 atom stereocenters. The third kappa shape index (κ3) is 5.37. The maximum atomic E-state index is 14.0. The molecule has 3 heterocycles. The van der Waals surface area contributed by atoms with Gasteiger partial charge < -0.3 is 15.0 Å². The summed E-state index contributed by atoms with van der Waals surface area (Å²) < 4.78 is 6.67. The average Bonchev–Trinajstić information content (AvgIpc) is 3.47. The number of hydrogen-bond acceptors (Lipinski definition) is 9. The van der Waals surface area contributed by atoms with Crippen LogP contribution < -0.4 is 19.8 Å². The molecule has 3 aromatic carbocycles. The van der Waals surface area contributed by atoms with Crippen LogP contribution in [-0.4, -0.2) is 39.5 Å². The van der Waals surface area contributed by atoms with Crippen molar-refractivity contribution in [3.63, 3.8) is 0 Å². The first-order valence-electron chi connectivity index (χ1n) is 12.9. The number of nitro benzene ring substituents is 1. The first-order valence-corrected chi connectivity index (χ1v) is 15.4. The molecule has 0 spiro atoms. The van der Waals surface area contributed by atoms with E-state index in [4.69, 9.17) is 4.74 Å². The molecule has 2 N–H and O–H groups in total. The number of thiazole rings is 1. The number of nitro groups is 1. The van der Waals surface area contributed by atoms with Gasteiger partial charge in [0.25, 0.3) is 11.6 Å². The number of carbonyl (C=O) groups is 3. The minimum atomic E-state index is -0.913. The van der Waals surface area contributed by atoms with Crippen molar-refractivity contribution in [2.75, 3.05) is 16.8 Å². The number of amides is 3. The van der Waals surface area contributed by atoms with Gasteiger partial charge in [0.2, 0.25) is 11.8 Å². The first-order chi connectivity index (χ1) is 20.6. The summed E-state index contributed by atoms with van der Waals surface area (Å²) in [6, 6.07) is 17.7. The summed E-state index contributed by atoms with van der Waals surface area (Å²) in [6.45, 7) is 1.55. The van der Waals surface area contributed by atoms with Crippen LogP contribution in [0.2, 0.25) is 0 Å². The molecule has 0 aliphatic carbocycles. The van der Waals surface area contributed by atoms with Crippen LogP contribution in [0.15, 0.2) is 81.0 Å². The van der Waals surface area contributed by atoms with E-state index in [1.54, 1.807) is 24.3 Å². The quantitative estimate of drug-likeness (QED) is 0.153. The van der Waals surface area contributed by atoms with Gasteiger partial charge in [-0.25, -0.2) is 4.90 Å². The average molecular weight is 682 g/mol. The summed E-state index contributed by atoms with van der Waals surface area (Å²) in [5.41, 5.74) is 2.11. The number of hydrogen-bond donors (Lipinski definition) is 2. The largest absolute Gasteiger partial charge is 0.483 e. The number of carbonyl (C=O) groups excluding carboxylic acids is 3. The Bertz CT molecular complexity index is 1860. The molecular weight excluding hydrogens is 660 g/mol. The number of anilines is 2. The van der Waals surface area contributed by atoms with Crippen molar-refractivity contribution in [2.24, 2.45) is 5.92 Å². The molecule has 3 amide bonds. The molecule has 0 radical (unpaired) electrons. The Morgan fingerprint density at radius 3 is 2.56 bits per heavy atom. The fraction of sp³-hybridized carbons (Fsp3) is 0.172. The third-order valence-corrected chi connectivity index (χ3v) is 10.1. The molecule has 1 aromatic heterocycles. The van der Waals surface area contributed by atoms with Gasteiger partial charge >= 0.3 is 4.87 Å². The lowest BCUT2D eigenvalue weighted by Gasteiger charge is -2.31. The topological polar surface area (TPSA) is 152 Å². The molecule has 1 fully saturated rings. The van der Waals surface area contributed by atoms with Crippen LogP contribution >= 0.6 is 39.0 Å². The fourth-order valence-corrected chi connectivity index (χ4v) is 8.15. The van der Waals surface area contributed by atoms with Gasteiger partial charge in [0.05, 0.1) is 21.6 Å². The molecule has 2 aliphatic rings. The maximum Gasteiger partial charge on any atom is 0.305 e. The lowest BCUT2D eigenvalue weighted by molar-refractivity contribution is -0.384. The number of thioether (sulfide) groups is 1. The molecule has 2 aliphatic heterocycles. The minimum absolute atomic E-state index is 0.172. The Labute approximate surface area is 260 Å². The van der Waals surface area contributed by atoms with Crippen LogP contribution in [0, 0.1) is 23.0 Å². The van der Waals surface area contributed by atoms with E-state index in [1.807, 2.05) is 25.1 Å². The number of para-hydroxylation sites is 1. The van der Waals surface area contributed by atoms with Gasteiger partial charge in [-0.3, -0.25) is 29.3 Å². The molecule has 11 nitrogen and oxygen atoms in total. The predicted molar refractivity (Wildman–Crippen MR) is 165 cm³/mol. The minimum Gasteiger partial charge on any atom is -0.483 e. The Kier molecular flexibility index (Phi) is 7.66. The van der Waals surface area contributed by atoms with E-state index in [1.165, 1.54) is 24.3 Å². The monoisotopic (exact) mass is 680 g/mol. The first kappa shape index (κ1) is 28.8. The van der Waals surface area contributed by atoms with Gasteiger partial charge in [-0.05, 0) is 48.9 Å². The second kappa shape index (κ2) is 11.4. The zero-order valence-corrected chi connectivity index (χ0v) is 25.5. The van der Waals surface area contributed by atoms with Gasteiger partial charge in [-0.2, -0.15) is 0 Å². The third-order valence-electron chi connectivity index (χ3n) is 7.23. The lowest BCUT2D eigenvalue weighted by Crippen LogP contribution is -2.32. The van der Waals surface area contributed by atoms with Gasteiger partial charge in [0.15, 0.2) is 6.61 Å². The Balaban J connectivity index is 1.36. The lowest BCUT2D eigenvalue weighted by atomic mass is 9.82. The molecule has 0 saturated carbocycles. The second-order valence-electron chi connectivity index (χ2n) is 9.87. The Morgan fingerprint density at radius 2 is 1.84 bits per heavy atom. The van der Waals surface area contributed by atoms with Crippen LogP contribution in [0.3, 0.4) is 0 Å². The van der Waals surface area contributed by atoms with Crippen LogP contribution in [0.25, 0.3) is 0 Å². The smallest absolute Gasteiger partial charge is 0.305 e. The molecule has 0 bridgehead atoms. The number of non-ortho nitro benzene ring substituents is 1. The van der Waals surface area contributed by atoms with Crippen molar-refractivity contribution in [3.05, 3.63) is 107 Å². The zero-order valence-electron chi connectivity index (χ0n) is 22.2. The van der Waals surface area contributed by atoms with Crippen molar-refractivity contribution in [1.82, 2.24) is 4.98 Å². The number of H-pyrrole nitrogens is 1. The van der Waals surface area contributed by atoms with Crippen LogP contribution in [-0.2, 0) is 14.4 Å². The van der Waals surface area contributed by atoms with E-state index in [9.17, 15) is 29.3 Å². The fourth-order valence-electron chi connectivity index (χ4n) is 5.27. The van der Waals surface area contributed by atoms with E-state index in [0.717, 1.165) is 33.6 Å². The van der Waals surface area contributed by atoms with E-state index < -0.39 is 33.8 Å². The highest BCUT2D eigenvalue weighted by Crippen LogP contribution is 2.54. The Hall–Kier alpha value is -4.27. The summed E-state index contributed by atoms with van der Waals surface area (Å²) in [4.78, 5) is 67.7. The van der Waals surface area contributed by atoms with Crippen molar-refractivity contribution >= 4 is 73.8 Å². The second-order valence-corrected chi connectivity index (χ2v) is 13.0. The van der Waals surface area contributed by atoms with Crippen LogP contribution in [0.1, 0.15) is 21.9 Å². The number of aromatic nitrogens is 1. The number of halogens is 1. The SMILES string of the molecule is Cc1ccccc1NC(=O)COc1ccc(Br)cc1[C@@H]1c2sc(=O)[nH]c2S[C@H]2C(=O)N(c3ccc([N+](=O)[O-])cc3)C(=O)[C@@H]12. The van der Waals surface area contributed by atoms with E-state index in [0.29, 0.717) is 31.4 Å². The summed E-state index contributed by atoms with van der Waals surface area (Å²) in [6.07, 6.45) is 0.